The van der Waals surface area contributed by atoms with Gasteiger partial charge in [-0.2, -0.15) is 0 Å². The van der Waals surface area contributed by atoms with E-state index in [1.165, 1.54) is 6.92 Å². The molecule has 0 spiro atoms. The third-order valence-corrected chi connectivity index (χ3v) is 2.62. The first-order chi connectivity index (χ1) is 5.02. The SMILES string of the molecule is CC1CCCC(C)(F)C(F)C1. The van der Waals surface area contributed by atoms with Gasteiger partial charge < -0.3 is 0 Å². The predicted octanol–water partition coefficient (Wildman–Crippen LogP) is 3.26. The van der Waals surface area contributed by atoms with Crippen LogP contribution in [0.15, 0.2) is 0 Å². The van der Waals surface area contributed by atoms with Gasteiger partial charge in [-0.25, -0.2) is 8.78 Å². The van der Waals surface area contributed by atoms with Gasteiger partial charge in [0.05, 0.1) is 0 Å². The van der Waals surface area contributed by atoms with Crippen LogP contribution in [0, 0.1) is 5.92 Å². The minimum atomic E-state index is -1.56. The Balaban J connectivity index is 2.58. The van der Waals surface area contributed by atoms with Crippen LogP contribution in [0.2, 0.25) is 0 Å². The molecule has 3 atom stereocenters. The van der Waals surface area contributed by atoms with Gasteiger partial charge in [0.2, 0.25) is 0 Å². The van der Waals surface area contributed by atoms with Crippen LogP contribution in [-0.2, 0) is 0 Å². The molecule has 0 aliphatic heterocycles. The molecule has 0 radical (unpaired) electrons. The van der Waals surface area contributed by atoms with Gasteiger partial charge >= 0.3 is 0 Å². The zero-order chi connectivity index (χ0) is 8.48. The Labute approximate surface area is 67.0 Å². The van der Waals surface area contributed by atoms with Gasteiger partial charge in [-0.1, -0.05) is 13.3 Å². The molecule has 1 aliphatic carbocycles. The maximum atomic E-state index is 13.3. The molecule has 0 aromatic carbocycles. The second-order valence-corrected chi connectivity index (χ2v) is 3.98. The molecule has 2 heteroatoms. The van der Waals surface area contributed by atoms with E-state index in [-0.39, 0.29) is 0 Å². The van der Waals surface area contributed by atoms with Crippen LogP contribution in [0.5, 0.6) is 0 Å². The standard InChI is InChI=1S/C9H16F2/c1-7-4-3-5-9(2,11)8(10)6-7/h7-8H,3-6H2,1-2H3. The van der Waals surface area contributed by atoms with E-state index in [0.29, 0.717) is 18.8 Å². The zero-order valence-electron chi connectivity index (χ0n) is 7.24. The average Bonchev–Trinajstić information content (AvgIpc) is 1.94. The largest absolute Gasteiger partial charge is 0.244 e. The summed E-state index contributed by atoms with van der Waals surface area (Å²) >= 11 is 0. The first-order valence-corrected chi connectivity index (χ1v) is 4.35. The van der Waals surface area contributed by atoms with Crippen molar-refractivity contribution in [2.24, 2.45) is 5.92 Å². The van der Waals surface area contributed by atoms with E-state index >= 15 is 0 Å². The van der Waals surface area contributed by atoms with Gasteiger partial charge in [0.25, 0.3) is 0 Å². The number of halogens is 2. The summed E-state index contributed by atoms with van der Waals surface area (Å²) in [4.78, 5) is 0. The molecule has 66 valence electrons. The normalized spacial score (nSPS) is 46.9. The second-order valence-electron chi connectivity index (χ2n) is 3.98. The summed E-state index contributed by atoms with van der Waals surface area (Å²) in [6.07, 6.45) is 1.33. The smallest absolute Gasteiger partial charge is 0.139 e. The molecule has 0 amide bonds. The topological polar surface area (TPSA) is 0 Å². The molecule has 1 aliphatic rings. The summed E-state index contributed by atoms with van der Waals surface area (Å²) in [5, 5.41) is 0. The first kappa shape index (κ1) is 8.95. The monoisotopic (exact) mass is 162 g/mol. The zero-order valence-corrected chi connectivity index (χ0v) is 7.24. The fraction of sp³-hybridized carbons (Fsp3) is 1.00. The second kappa shape index (κ2) is 3.08. The summed E-state index contributed by atoms with van der Waals surface area (Å²) < 4.78 is 26.4. The van der Waals surface area contributed by atoms with E-state index in [1.807, 2.05) is 6.92 Å². The van der Waals surface area contributed by atoms with Crippen LogP contribution >= 0.6 is 0 Å². The van der Waals surface area contributed by atoms with E-state index < -0.39 is 11.8 Å². The number of rotatable bonds is 0. The maximum absolute atomic E-state index is 13.3. The van der Waals surface area contributed by atoms with Crippen LogP contribution in [0.3, 0.4) is 0 Å². The van der Waals surface area contributed by atoms with E-state index in [1.54, 1.807) is 0 Å². The number of hydrogen-bond donors (Lipinski definition) is 0. The van der Waals surface area contributed by atoms with Crippen molar-refractivity contribution in [2.45, 2.75) is 51.4 Å². The van der Waals surface area contributed by atoms with Crippen molar-refractivity contribution >= 4 is 0 Å². The first-order valence-electron chi connectivity index (χ1n) is 4.35. The molecule has 1 fully saturated rings. The third-order valence-electron chi connectivity index (χ3n) is 2.62. The lowest BCUT2D eigenvalue weighted by Gasteiger charge is -2.22. The Hall–Kier alpha value is -0.140. The molecule has 0 saturated heterocycles. The van der Waals surface area contributed by atoms with E-state index in [4.69, 9.17) is 0 Å². The summed E-state index contributed by atoms with van der Waals surface area (Å²) in [5.74, 6) is 0.350. The van der Waals surface area contributed by atoms with Gasteiger partial charge in [0.15, 0.2) is 0 Å². The molecule has 0 aromatic heterocycles. The van der Waals surface area contributed by atoms with Crippen molar-refractivity contribution in [1.29, 1.82) is 0 Å². The Bertz CT molecular complexity index is 132. The third kappa shape index (κ3) is 2.14. The summed E-state index contributed by atoms with van der Waals surface area (Å²) in [6, 6.07) is 0. The summed E-state index contributed by atoms with van der Waals surface area (Å²) in [7, 11) is 0. The fourth-order valence-corrected chi connectivity index (χ4v) is 1.67. The fourth-order valence-electron chi connectivity index (χ4n) is 1.67. The highest BCUT2D eigenvalue weighted by molar-refractivity contribution is 4.86. The molecule has 0 nitrogen and oxygen atoms in total. The Morgan fingerprint density at radius 3 is 2.73 bits per heavy atom. The Morgan fingerprint density at radius 1 is 1.45 bits per heavy atom. The van der Waals surface area contributed by atoms with E-state index in [0.717, 1.165) is 12.8 Å². The minimum absolute atomic E-state index is 0.350. The lowest BCUT2D eigenvalue weighted by Crippen LogP contribution is -2.30. The molecule has 0 N–H and O–H groups in total. The molecular weight excluding hydrogens is 146 g/mol. The van der Waals surface area contributed by atoms with Crippen molar-refractivity contribution in [1.82, 2.24) is 0 Å². The summed E-state index contributed by atoms with van der Waals surface area (Å²) in [6.45, 7) is 3.38. The molecule has 1 rings (SSSR count). The summed E-state index contributed by atoms with van der Waals surface area (Å²) in [5.41, 5.74) is -1.56. The van der Waals surface area contributed by atoms with Gasteiger partial charge in [-0.15, -0.1) is 0 Å². The molecular formula is C9H16F2. The molecule has 0 heterocycles. The van der Waals surface area contributed by atoms with Crippen LogP contribution in [-0.4, -0.2) is 11.8 Å². The lowest BCUT2D eigenvalue weighted by atomic mass is 9.96. The van der Waals surface area contributed by atoms with Crippen molar-refractivity contribution in [3.05, 3.63) is 0 Å². The van der Waals surface area contributed by atoms with Gasteiger partial charge in [0, 0.05) is 0 Å². The Kier molecular flexibility index (Phi) is 2.50. The Morgan fingerprint density at radius 2 is 2.09 bits per heavy atom. The molecule has 0 bridgehead atoms. The lowest BCUT2D eigenvalue weighted by molar-refractivity contribution is 0.0564. The number of hydrogen-bond acceptors (Lipinski definition) is 0. The number of alkyl halides is 2. The molecule has 0 aromatic rings. The van der Waals surface area contributed by atoms with E-state index in [9.17, 15) is 8.78 Å². The molecule has 3 unspecified atom stereocenters. The minimum Gasteiger partial charge on any atom is -0.244 e. The van der Waals surface area contributed by atoms with Crippen LogP contribution in [0.25, 0.3) is 0 Å². The molecule has 11 heavy (non-hydrogen) atoms. The van der Waals surface area contributed by atoms with Crippen LogP contribution in [0.1, 0.15) is 39.5 Å². The average molecular weight is 162 g/mol. The highest BCUT2D eigenvalue weighted by Gasteiger charge is 2.37. The predicted molar refractivity (Wildman–Crippen MR) is 42.0 cm³/mol. The van der Waals surface area contributed by atoms with Gasteiger partial charge in [0.1, 0.15) is 11.8 Å². The highest BCUT2D eigenvalue weighted by Crippen LogP contribution is 2.34. The van der Waals surface area contributed by atoms with Crippen LogP contribution < -0.4 is 0 Å². The van der Waals surface area contributed by atoms with Gasteiger partial charge in [-0.05, 0) is 32.1 Å². The quantitative estimate of drug-likeness (QED) is 0.479. The van der Waals surface area contributed by atoms with Crippen molar-refractivity contribution < 1.29 is 8.78 Å². The maximum Gasteiger partial charge on any atom is 0.139 e. The van der Waals surface area contributed by atoms with Crippen molar-refractivity contribution in [2.75, 3.05) is 0 Å². The van der Waals surface area contributed by atoms with Gasteiger partial charge in [-0.3, -0.25) is 0 Å². The van der Waals surface area contributed by atoms with E-state index in [2.05, 4.69) is 0 Å². The van der Waals surface area contributed by atoms with Crippen molar-refractivity contribution in [3.63, 3.8) is 0 Å². The molecule has 1 saturated carbocycles. The van der Waals surface area contributed by atoms with Crippen LogP contribution in [0.4, 0.5) is 8.78 Å². The van der Waals surface area contributed by atoms with Crippen molar-refractivity contribution in [3.8, 4) is 0 Å². The highest BCUT2D eigenvalue weighted by atomic mass is 19.2.